The minimum absolute atomic E-state index is 0.0953. The van der Waals surface area contributed by atoms with Crippen molar-refractivity contribution >= 4 is 23.0 Å². The van der Waals surface area contributed by atoms with E-state index in [4.69, 9.17) is 5.11 Å². The first kappa shape index (κ1) is 17.5. The fraction of sp³-hybridized carbons (Fsp3) is 0.389. The van der Waals surface area contributed by atoms with Gasteiger partial charge in [0.2, 0.25) is 0 Å². The molecule has 2 rings (SSSR count). The first-order valence-electron chi connectivity index (χ1n) is 7.96. The van der Waals surface area contributed by atoms with Crippen LogP contribution >= 0.6 is 11.3 Å². The largest absolute Gasteiger partial charge is 0.481 e. The minimum Gasteiger partial charge on any atom is -0.481 e. The van der Waals surface area contributed by atoms with Crippen molar-refractivity contribution in [3.8, 4) is 0 Å². The van der Waals surface area contributed by atoms with Gasteiger partial charge in [-0.3, -0.25) is 4.79 Å². The molecule has 0 radical (unpaired) electrons. The van der Waals surface area contributed by atoms with Crippen LogP contribution in [0.1, 0.15) is 36.8 Å². The maximum absolute atomic E-state index is 11.1. The Labute approximate surface area is 141 Å². The summed E-state index contributed by atoms with van der Waals surface area (Å²) in [6, 6.07) is 12.3. The molecular formula is C18H24N2O2S. The SMILES string of the molecule is CCN(CC)c1ccc(CN[C@@H](CC(=O)O)c2cccs2)cc1. The van der Waals surface area contributed by atoms with Gasteiger partial charge in [0.25, 0.3) is 0 Å². The quantitative estimate of drug-likeness (QED) is 0.731. The third kappa shape index (κ3) is 5.08. The Bertz CT molecular complexity index is 592. The molecule has 1 aromatic carbocycles. The maximum Gasteiger partial charge on any atom is 0.305 e. The number of rotatable bonds is 9. The lowest BCUT2D eigenvalue weighted by Gasteiger charge is -2.21. The van der Waals surface area contributed by atoms with E-state index in [2.05, 4.69) is 48.3 Å². The van der Waals surface area contributed by atoms with Crippen molar-refractivity contribution in [1.82, 2.24) is 5.32 Å². The fourth-order valence-electron chi connectivity index (χ4n) is 2.59. The van der Waals surface area contributed by atoms with Gasteiger partial charge in [0.05, 0.1) is 12.5 Å². The van der Waals surface area contributed by atoms with Gasteiger partial charge in [-0.2, -0.15) is 0 Å². The molecule has 4 nitrogen and oxygen atoms in total. The number of carboxylic acid groups (broad SMARTS) is 1. The number of benzene rings is 1. The van der Waals surface area contributed by atoms with Crippen LogP contribution in [0.5, 0.6) is 0 Å². The smallest absolute Gasteiger partial charge is 0.305 e. The standard InChI is InChI=1S/C18H24N2O2S/c1-3-20(4-2)15-9-7-14(8-10-15)13-19-16(12-18(21)22)17-6-5-11-23-17/h5-11,16,19H,3-4,12-13H2,1-2H3,(H,21,22)/t16-/m0/s1. The van der Waals surface area contributed by atoms with Gasteiger partial charge >= 0.3 is 5.97 Å². The molecule has 0 aliphatic carbocycles. The van der Waals surface area contributed by atoms with Crippen LogP contribution < -0.4 is 10.2 Å². The van der Waals surface area contributed by atoms with Crippen molar-refractivity contribution in [2.45, 2.75) is 32.9 Å². The topological polar surface area (TPSA) is 52.6 Å². The lowest BCUT2D eigenvalue weighted by Crippen LogP contribution is -2.23. The average molecular weight is 332 g/mol. The summed E-state index contributed by atoms with van der Waals surface area (Å²) in [5.41, 5.74) is 2.38. The molecule has 0 fully saturated rings. The van der Waals surface area contributed by atoms with Crippen LogP contribution in [0.3, 0.4) is 0 Å². The molecule has 2 aromatic rings. The molecule has 5 heteroatoms. The van der Waals surface area contributed by atoms with Crippen LogP contribution in [-0.4, -0.2) is 24.2 Å². The van der Waals surface area contributed by atoms with Crippen molar-refractivity contribution in [3.05, 3.63) is 52.2 Å². The van der Waals surface area contributed by atoms with Gasteiger partial charge in [0.15, 0.2) is 0 Å². The van der Waals surface area contributed by atoms with Gasteiger partial charge in [-0.1, -0.05) is 18.2 Å². The number of carbonyl (C=O) groups is 1. The Morgan fingerprint density at radius 2 is 1.91 bits per heavy atom. The van der Waals surface area contributed by atoms with E-state index in [1.165, 1.54) is 5.69 Å². The van der Waals surface area contributed by atoms with Gasteiger partial charge in [-0.05, 0) is 43.0 Å². The molecule has 0 amide bonds. The van der Waals surface area contributed by atoms with Crippen molar-refractivity contribution in [2.75, 3.05) is 18.0 Å². The van der Waals surface area contributed by atoms with Crippen LogP contribution in [0.15, 0.2) is 41.8 Å². The number of carboxylic acids is 1. The Hall–Kier alpha value is -1.85. The summed E-state index contributed by atoms with van der Waals surface area (Å²) < 4.78 is 0. The summed E-state index contributed by atoms with van der Waals surface area (Å²) >= 11 is 1.59. The van der Waals surface area contributed by atoms with E-state index < -0.39 is 5.97 Å². The van der Waals surface area contributed by atoms with Crippen LogP contribution in [0.2, 0.25) is 0 Å². The first-order chi connectivity index (χ1) is 11.1. The molecule has 1 atom stereocenters. The van der Waals surface area contributed by atoms with Gasteiger partial charge in [-0.25, -0.2) is 0 Å². The Morgan fingerprint density at radius 1 is 1.22 bits per heavy atom. The molecule has 0 bridgehead atoms. The van der Waals surface area contributed by atoms with Gasteiger partial charge in [0, 0.05) is 30.2 Å². The predicted octanol–water partition coefficient (Wildman–Crippen LogP) is 3.90. The molecule has 124 valence electrons. The van der Waals surface area contributed by atoms with E-state index in [-0.39, 0.29) is 12.5 Å². The Balaban J connectivity index is 1.99. The number of anilines is 1. The number of nitrogens with zero attached hydrogens (tertiary/aromatic N) is 1. The van der Waals surface area contributed by atoms with E-state index in [1.54, 1.807) is 11.3 Å². The van der Waals surface area contributed by atoms with Crippen LogP contribution in [0.25, 0.3) is 0 Å². The Kier molecular flexibility index (Phi) is 6.62. The van der Waals surface area contributed by atoms with Gasteiger partial charge in [-0.15, -0.1) is 11.3 Å². The third-order valence-corrected chi connectivity index (χ3v) is 4.87. The maximum atomic E-state index is 11.1. The highest BCUT2D eigenvalue weighted by Crippen LogP contribution is 2.23. The molecule has 2 N–H and O–H groups in total. The molecule has 1 aromatic heterocycles. The zero-order chi connectivity index (χ0) is 16.7. The molecule has 0 aliphatic heterocycles. The summed E-state index contributed by atoms with van der Waals surface area (Å²) in [6.07, 6.45) is 0.0953. The number of thiophene rings is 1. The molecule has 23 heavy (non-hydrogen) atoms. The van der Waals surface area contributed by atoms with E-state index >= 15 is 0 Å². The monoisotopic (exact) mass is 332 g/mol. The fourth-order valence-corrected chi connectivity index (χ4v) is 3.39. The second kappa shape index (κ2) is 8.70. The third-order valence-electron chi connectivity index (χ3n) is 3.88. The van der Waals surface area contributed by atoms with Crippen molar-refractivity contribution in [3.63, 3.8) is 0 Å². The van der Waals surface area contributed by atoms with Gasteiger partial charge in [0.1, 0.15) is 0 Å². The molecule has 0 spiro atoms. The molecule has 0 saturated heterocycles. The number of nitrogens with one attached hydrogen (secondary N) is 1. The van der Waals surface area contributed by atoms with E-state index in [1.807, 2.05) is 17.5 Å². The summed E-state index contributed by atoms with van der Waals surface area (Å²) in [6.45, 7) is 6.95. The minimum atomic E-state index is -0.784. The zero-order valence-corrected chi connectivity index (χ0v) is 14.5. The van der Waals surface area contributed by atoms with Gasteiger partial charge < -0.3 is 15.3 Å². The molecular weight excluding hydrogens is 308 g/mol. The highest BCUT2D eigenvalue weighted by atomic mass is 32.1. The molecule has 0 aliphatic rings. The van der Waals surface area contributed by atoms with Crippen molar-refractivity contribution < 1.29 is 9.90 Å². The Morgan fingerprint density at radius 3 is 2.43 bits per heavy atom. The summed E-state index contributed by atoms with van der Waals surface area (Å²) in [5.74, 6) is -0.784. The molecule has 0 saturated carbocycles. The second-order valence-corrected chi connectivity index (χ2v) is 6.36. The van der Waals surface area contributed by atoms with E-state index in [0.717, 1.165) is 23.5 Å². The summed E-state index contributed by atoms with van der Waals surface area (Å²) in [4.78, 5) is 14.4. The molecule has 0 unspecified atom stereocenters. The van der Waals surface area contributed by atoms with Crippen LogP contribution in [-0.2, 0) is 11.3 Å². The molecule has 1 heterocycles. The lowest BCUT2D eigenvalue weighted by atomic mass is 10.1. The number of hydrogen-bond donors (Lipinski definition) is 2. The summed E-state index contributed by atoms with van der Waals surface area (Å²) in [7, 11) is 0. The highest BCUT2D eigenvalue weighted by Gasteiger charge is 2.16. The normalized spacial score (nSPS) is 12.1. The average Bonchev–Trinajstić information content (AvgIpc) is 3.08. The van der Waals surface area contributed by atoms with Crippen LogP contribution in [0.4, 0.5) is 5.69 Å². The number of aliphatic carboxylic acids is 1. The lowest BCUT2D eigenvalue weighted by molar-refractivity contribution is -0.137. The van der Waals surface area contributed by atoms with Crippen molar-refractivity contribution in [1.29, 1.82) is 0 Å². The van der Waals surface area contributed by atoms with E-state index in [0.29, 0.717) is 6.54 Å². The van der Waals surface area contributed by atoms with Crippen LogP contribution in [0, 0.1) is 0 Å². The van der Waals surface area contributed by atoms with Crippen molar-refractivity contribution in [2.24, 2.45) is 0 Å². The predicted molar refractivity (Wildman–Crippen MR) is 96.2 cm³/mol. The van der Waals surface area contributed by atoms with E-state index in [9.17, 15) is 4.79 Å². The highest BCUT2D eigenvalue weighted by molar-refractivity contribution is 7.10. The first-order valence-corrected chi connectivity index (χ1v) is 8.84. The summed E-state index contributed by atoms with van der Waals surface area (Å²) in [5, 5.41) is 14.4. The number of hydrogen-bond acceptors (Lipinski definition) is 4. The zero-order valence-electron chi connectivity index (χ0n) is 13.7. The second-order valence-electron chi connectivity index (χ2n) is 5.39.